The summed E-state index contributed by atoms with van der Waals surface area (Å²) in [5, 5.41) is 22.2. The Morgan fingerprint density at radius 1 is 0.974 bits per heavy atom. The van der Waals surface area contributed by atoms with E-state index in [1.807, 2.05) is 65.2 Å². The van der Waals surface area contributed by atoms with Gasteiger partial charge in [-0.05, 0) is 48.5 Å². The predicted octanol–water partition coefficient (Wildman–Crippen LogP) is 5.95. The van der Waals surface area contributed by atoms with Crippen molar-refractivity contribution in [1.29, 1.82) is 5.26 Å². The smallest absolute Gasteiger partial charge is 0.335 e. The van der Waals surface area contributed by atoms with Gasteiger partial charge in [-0.2, -0.15) is 5.26 Å². The van der Waals surface area contributed by atoms with Crippen LogP contribution in [-0.4, -0.2) is 21.6 Å². The molecule has 0 fully saturated rings. The van der Waals surface area contributed by atoms with Crippen LogP contribution in [0.15, 0.2) is 106 Å². The minimum Gasteiger partial charge on any atom is -0.478 e. The predicted molar refractivity (Wildman–Crippen MR) is 146 cm³/mol. The lowest BCUT2D eigenvalue weighted by Gasteiger charge is -2.26. The molecule has 0 radical (unpaired) electrons. The van der Waals surface area contributed by atoms with Gasteiger partial charge in [0, 0.05) is 11.3 Å². The van der Waals surface area contributed by atoms with Crippen LogP contribution in [0.25, 0.3) is 17.0 Å². The zero-order valence-electron chi connectivity index (χ0n) is 20.3. The summed E-state index contributed by atoms with van der Waals surface area (Å²) >= 11 is 1.39. The molecule has 6 rings (SSSR count). The summed E-state index contributed by atoms with van der Waals surface area (Å²) in [6.45, 7) is 0. The summed E-state index contributed by atoms with van der Waals surface area (Å²) in [6.07, 6.45) is 0. The van der Waals surface area contributed by atoms with Gasteiger partial charge in [-0.25, -0.2) is 9.79 Å². The second kappa shape index (κ2) is 9.93. The van der Waals surface area contributed by atoms with Gasteiger partial charge in [0.15, 0.2) is 4.80 Å². The van der Waals surface area contributed by atoms with Gasteiger partial charge in [0.05, 0.1) is 28.1 Å². The molecule has 2 aromatic heterocycles. The number of aromatic carboxylic acids is 1. The highest BCUT2D eigenvalue weighted by atomic mass is 32.1. The molecule has 0 bridgehead atoms. The van der Waals surface area contributed by atoms with Crippen molar-refractivity contribution >= 4 is 34.7 Å². The van der Waals surface area contributed by atoms with Gasteiger partial charge in [0.1, 0.15) is 23.3 Å². The number of aromatic nitrogens is 1. The number of amides is 1. The van der Waals surface area contributed by atoms with E-state index in [4.69, 9.17) is 9.41 Å². The largest absolute Gasteiger partial charge is 0.478 e. The van der Waals surface area contributed by atoms with Gasteiger partial charge >= 0.3 is 5.97 Å². The Kier molecular flexibility index (Phi) is 6.15. The number of furan rings is 1. The maximum absolute atomic E-state index is 13.2. The number of carbonyl (C=O) groups excluding carboxylic acids is 1. The Balaban J connectivity index is 1.52. The molecule has 190 valence electrons. The molecule has 1 aliphatic rings. The van der Waals surface area contributed by atoms with E-state index in [1.165, 1.54) is 23.5 Å². The zero-order valence-corrected chi connectivity index (χ0v) is 21.1. The van der Waals surface area contributed by atoms with Gasteiger partial charge in [-0.3, -0.25) is 9.36 Å². The van der Waals surface area contributed by atoms with Gasteiger partial charge in [0.2, 0.25) is 5.91 Å². The first kappa shape index (κ1) is 24.2. The molecule has 3 aromatic carbocycles. The van der Waals surface area contributed by atoms with E-state index in [1.54, 1.807) is 24.3 Å². The van der Waals surface area contributed by atoms with Crippen molar-refractivity contribution in [3.8, 4) is 23.1 Å². The number of hydrogen-bond donors (Lipinski definition) is 2. The summed E-state index contributed by atoms with van der Waals surface area (Å²) in [6, 6.07) is 31.1. The highest BCUT2D eigenvalue weighted by Gasteiger charge is 2.42. The Hall–Kier alpha value is -5.20. The number of carbonyl (C=O) groups is 2. The van der Waals surface area contributed by atoms with Crippen molar-refractivity contribution < 1.29 is 19.1 Å². The Morgan fingerprint density at radius 2 is 1.67 bits per heavy atom. The lowest BCUT2D eigenvalue weighted by Crippen LogP contribution is -2.33. The van der Waals surface area contributed by atoms with Crippen molar-refractivity contribution in [2.24, 2.45) is 10.9 Å². The van der Waals surface area contributed by atoms with Crippen LogP contribution in [0.2, 0.25) is 0 Å². The standard InChI is InChI=1S/C30H20N4O4S/c31-17-22-25(24-16-15-23(38-24)18-11-13-19(14-12-18)29(36)37)26-27(33-28(22)35)34(21-9-5-2-6-10-21)30(39-26)32-20-7-3-1-4-8-20/h1-16,22,25H,(H,33,35)(H,36,37). The van der Waals surface area contributed by atoms with Crippen LogP contribution in [0.5, 0.6) is 0 Å². The first-order valence-corrected chi connectivity index (χ1v) is 12.9. The summed E-state index contributed by atoms with van der Waals surface area (Å²) in [5.74, 6) is -1.60. The number of benzene rings is 3. The molecule has 0 aliphatic carbocycles. The third-order valence-electron chi connectivity index (χ3n) is 6.47. The Morgan fingerprint density at radius 3 is 2.33 bits per heavy atom. The minimum absolute atomic E-state index is 0.169. The number of rotatable bonds is 5. The minimum atomic E-state index is -1.02. The molecular weight excluding hydrogens is 512 g/mol. The molecule has 0 spiro atoms. The molecule has 0 saturated heterocycles. The van der Waals surface area contributed by atoms with Crippen molar-refractivity contribution in [3.63, 3.8) is 0 Å². The number of thiazole rings is 1. The van der Waals surface area contributed by atoms with Crippen molar-refractivity contribution in [3.05, 3.63) is 118 Å². The number of nitriles is 1. The Labute approximate surface area is 226 Å². The average Bonchev–Trinajstić information content (AvgIpc) is 3.58. The first-order valence-electron chi connectivity index (χ1n) is 12.1. The maximum Gasteiger partial charge on any atom is 0.335 e. The molecule has 8 nitrogen and oxygen atoms in total. The SMILES string of the molecule is N#CC1C(=O)Nc2c(sc(=Nc3ccccc3)n2-c2ccccc2)C1c1ccc(-c2ccc(C(=O)O)cc2)o1. The van der Waals surface area contributed by atoms with Crippen LogP contribution in [0.4, 0.5) is 11.5 Å². The monoisotopic (exact) mass is 532 g/mol. The molecular formula is C30H20N4O4S. The van der Waals surface area contributed by atoms with Crippen LogP contribution in [0, 0.1) is 17.2 Å². The summed E-state index contributed by atoms with van der Waals surface area (Å²) in [7, 11) is 0. The third-order valence-corrected chi connectivity index (χ3v) is 7.60. The molecule has 2 unspecified atom stereocenters. The van der Waals surface area contributed by atoms with E-state index in [0.717, 1.165) is 16.3 Å². The van der Waals surface area contributed by atoms with Crippen molar-refractivity contribution in [2.45, 2.75) is 5.92 Å². The van der Waals surface area contributed by atoms with E-state index in [0.29, 0.717) is 27.7 Å². The van der Waals surface area contributed by atoms with Crippen LogP contribution in [-0.2, 0) is 4.79 Å². The van der Waals surface area contributed by atoms with E-state index >= 15 is 0 Å². The molecule has 2 N–H and O–H groups in total. The van der Waals surface area contributed by atoms with Crippen LogP contribution in [0.1, 0.15) is 26.9 Å². The van der Waals surface area contributed by atoms with Gasteiger partial charge in [0.25, 0.3) is 0 Å². The fraction of sp³-hybridized carbons (Fsp3) is 0.0667. The number of nitrogens with zero attached hydrogens (tertiary/aromatic N) is 3. The van der Waals surface area contributed by atoms with Crippen LogP contribution < -0.4 is 10.1 Å². The van der Waals surface area contributed by atoms with Gasteiger partial charge < -0.3 is 14.8 Å². The molecule has 1 aliphatic heterocycles. The normalized spacial score (nSPS) is 16.8. The van der Waals surface area contributed by atoms with Crippen LogP contribution >= 0.6 is 11.3 Å². The third kappa shape index (κ3) is 4.43. The number of para-hydroxylation sites is 2. The number of carboxylic acid groups (broad SMARTS) is 1. The number of carboxylic acids is 1. The molecule has 3 heterocycles. The summed E-state index contributed by atoms with van der Waals surface area (Å²) < 4.78 is 8.10. The molecule has 5 aromatic rings. The number of anilines is 1. The van der Waals surface area contributed by atoms with E-state index in [2.05, 4.69) is 11.4 Å². The fourth-order valence-electron chi connectivity index (χ4n) is 4.60. The summed E-state index contributed by atoms with van der Waals surface area (Å²) in [4.78, 5) is 30.7. The zero-order chi connectivity index (χ0) is 26.9. The average molecular weight is 533 g/mol. The summed E-state index contributed by atoms with van der Waals surface area (Å²) in [5.41, 5.74) is 2.43. The Bertz CT molecular complexity index is 1800. The highest BCUT2D eigenvalue weighted by Crippen LogP contribution is 2.44. The lowest BCUT2D eigenvalue weighted by atomic mass is 9.86. The second-order valence-corrected chi connectivity index (χ2v) is 9.88. The number of nitrogens with one attached hydrogen (secondary N) is 1. The quantitative estimate of drug-likeness (QED) is 0.290. The van der Waals surface area contributed by atoms with E-state index in [-0.39, 0.29) is 5.56 Å². The molecule has 2 atom stereocenters. The lowest BCUT2D eigenvalue weighted by molar-refractivity contribution is -0.119. The maximum atomic E-state index is 13.2. The van der Waals surface area contributed by atoms with Crippen molar-refractivity contribution in [2.75, 3.05) is 5.32 Å². The topological polar surface area (TPSA) is 121 Å². The van der Waals surface area contributed by atoms with Gasteiger partial charge in [-0.1, -0.05) is 59.9 Å². The van der Waals surface area contributed by atoms with E-state index < -0.39 is 23.7 Å². The fourth-order valence-corrected chi connectivity index (χ4v) is 5.86. The van der Waals surface area contributed by atoms with Crippen molar-refractivity contribution in [1.82, 2.24) is 4.57 Å². The van der Waals surface area contributed by atoms with E-state index in [9.17, 15) is 20.0 Å². The van der Waals surface area contributed by atoms with Gasteiger partial charge in [-0.15, -0.1) is 0 Å². The molecule has 9 heteroatoms. The highest BCUT2D eigenvalue weighted by molar-refractivity contribution is 7.10. The first-order chi connectivity index (χ1) is 19.0. The number of fused-ring (bicyclic) bond motifs is 1. The molecule has 1 amide bonds. The number of hydrogen-bond acceptors (Lipinski definition) is 6. The second-order valence-electron chi connectivity index (χ2n) is 8.87. The molecule has 39 heavy (non-hydrogen) atoms. The van der Waals surface area contributed by atoms with Crippen LogP contribution in [0.3, 0.4) is 0 Å². The molecule has 0 saturated carbocycles.